The second-order valence-corrected chi connectivity index (χ2v) is 4.98. The van der Waals surface area contributed by atoms with E-state index in [1.54, 1.807) is 19.0 Å². The highest BCUT2D eigenvalue weighted by molar-refractivity contribution is 5.81. The van der Waals surface area contributed by atoms with Crippen LogP contribution in [-0.2, 0) is 17.8 Å². The lowest BCUT2D eigenvalue weighted by Crippen LogP contribution is -2.39. The number of carbonyl (C=O) groups excluding carboxylic acids is 1. The van der Waals surface area contributed by atoms with Crippen molar-refractivity contribution in [2.24, 2.45) is 5.73 Å². The predicted molar refractivity (Wildman–Crippen MR) is 73.6 cm³/mol. The lowest BCUT2D eigenvalue weighted by atomic mass is 9.99. The molecule has 1 aromatic rings. The normalized spacial score (nSPS) is 14.3. The molecule has 1 heterocycles. The van der Waals surface area contributed by atoms with Gasteiger partial charge in [0.2, 0.25) is 5.91 Å². The fraction of sp³-hybridized carbons (Fsp3) is 0.500. The van der Waals surface area contributed by atoms with Crippen LogP contribution in [0.4, 0.5) is 5.69 Å². The first-order valence-electron chi connectivity index (χ1n) is 6.39. The molecule has 0 radical (unpaired) electrons. The van der Waals surface area contributed by atoms with Gasteiger partial charge >= 0.3 is 0 Å². The molecule has 0 aliphatic carbocycles. The van der Waals surface area contributed by atoms with Crippen molar-refractivity contribution in [2.75, 3.05) is 32.1 Å². The van der Waals surface area contributed by atoms with Crippen molar-refractivity contribution in [1.29, 1.82) is 0 Å². The number of amides is 1. The maximum atomic E-state index is 11.8. The second-order valence-electron chi connectivity index (χ2n) is 4.98. The minimum atomic E-state index is 0.144. The molecule has 0 saturated heterocycles. The number of benzene rings is 1. The first kappa shape index (κ1) is 12.9. The molecule has 0 atom stereocenters. The van der Waals surface area contributed by atoms with E-state index in [0.717, 1.165) is 24.9 Å². The fourth-order valence-electron chi connectivity index (χ4n) is 2.32. The van der Waals surface area contributed by atoms with Crippen LogP contribution in [0.25, 0.3) is 0 Å². The van der Waals surface area contributed by atoms with E-state index >= 15 is 0 Å². The Morgan fingerprint density at radius 2 is 2.22 bits per heavy atom. The Hall–Kier alpha value is -1.55. The zero-order valence-corrected chi connectivity index (χ0v) is 11.1. The van der Waals surface area contributed by atoms with Crippen LogP contribution in [0.1, 0.15) is 17.5 Å². The summed E-state index contributed by atoms with van der Waals surface area (Å²) in [5, 5.41) is 0. The van der Waals surface area contributed by atoms with E-state index < -0.39 is 0 Å². The Morgan fingerprint density at radius 1 is 1.44 bits per heavy atom. The van der Waals surface area contributed by atoms with Gasteiger partial charge in [-0.3, -0.25) is 4.79 Å². The number of hydrogen-bond donors (Lipinski definition) is 1. The molecule has 4 heteroatoms. The maximum Gasteiger partial charge on any atom is 0.241 e. The molecule has 2 rings (SSSR count). The van der Waals surface area contributed by atoms with Crippen LogP contribution in [0.2, 0.25) is 0 Å². The number of aryl methyl sites for hydroxylation is 1. The van der Waals surface area contributed by atoms with Gasteiger partial charge in [-0.05, 0) is 30.0 Å². The van der Waals surface area contributed by atoms with Crippen molar-refractivity contribution >= 4 is 11.6 Å². The van der Waals surface area contributed by atoms with Gasteiger partial charge in [0, 0.05) is 32.9 Å². The highest BCUT2D eigenvalue weighted by Gasteiger charge is 2.19. The Balaban J connectivity index is 2.20. The van der Waals surface area contributed by atoms with Crippen molar-refractivity contribution in [3.05, 3.63) is 29.3 Å². The molecule has 1 aliphatic heterocycles. The van der Waals surface area contributed by atoms with E-state index in [-0.39, 0.29) is 5.91 Å². The van der Waals surface area contributed by atoms with E-state index in [9.17, 15) is 4.79 Å². The van der Waals surface area contributed by atoms with Gasteiger partial charge in [0.25, 0.3) is 0 Å². The van der Waals surface area contributed by atoms with Crippen LogP contribution in [0, 0.1) is 0 Å². The highest BCUT2D eigenvalue weighted by Crippen LogP contribution is 2.27. The van der Waals surface area contributed by atoms with Crippen molar-refractivity contribution < 1.29 is 4.79 Å². The monoisotopic (exact) mass is 247 g/mol. The van der Waals surface area contributed by atoms with Gasteiger partial charge in [-0.25, -0.2) is 0 Å². The SMILES string of the molecule is CN(C)C(=O)CN1CCCc2cc(CN)ccc21. The highest BCUT2D eigenvalue weighted by atomic mass is 16.2. The summed E-state index contributed by atoms with van der Waals surface area (Å²) in [6.45, 7) is 1.99. The van der Waals surface area contributed by atoms with Gasteiger partial charge < -0.3 is 15.5 Å². The molecule has 0 saturated carbocycles. The predicted octanol–water partition coefficient (Wildman–Crippen LogP) is 0.986. The molecule has 18 heavy (non-hydrogen) atoms. The summed E-state index contributed by atoms with van der Waals surface area (Å²) in [4.78, 5) is 15.6. The summed E-state index contributed by atoms with van der Waals surface area (Å²) < 4.78 is 0. The molecule has 1 aromatic carbocycles. The van der Waals surface area contributed by atoms with E-state index in [4.69, 9.17) is 5.73 Å². The Morgan fingerprint density at radius 3 is 2.89 bits per heavy atom. The van der Waals surface area contributed by atoms with E-state index in [0.29, 0.717) is 13.1 Å². The molecular formula is C14H21N3O. The average Bonchev–Trinajstić information content (AvgIpc) is 2.38. The smallest absolute Gasteiger partial charge is 0.241 e. The molecule has 0 unspecified atom stereocenters. The van der Waals surface area contributed by atoms with E-state index in [2.05, 4.69) is 23.1 Å². The number of fused-ring (bicyclic) bond motifs is 1. The molecular weight excluding hydrogens is 226 g/mol. The van der Waals surface area contributed by atoms with Crippen molar-refractivity contribution in [1.82, 2.24) is 4.90 Å². The molecule has 4 nitrogen and oxygen atoms in total. The minimum Gasteiger partial charge on any atom is -0.362 e. The second kappa shape index (κ2) is 5.40. The zero-order chi connectivity index (χ0) is 13.1. The number of rotatable bonds is 3. The molecule has 1 aliphatic rings. The van der Waals surface area contributed by atoms with Gasteiger partial charge in [-0.15, -0.1) is 0 Å². The number of nitrogens with zero attached hydrogens (tertiary/aromatic N) is 2. The average molecular weight is 247 g/mol. The third-order valence-electron chi connectivity index (χ3n) is 3.42. The van der Waals surface area contributed by atoms with Gasteiger partial charge in [0.1, 0.15) is 0 Å². The number of carbonyl (C=O) groups is 1. The molecule has 0 aromatic heterocycles. The summed E-state index contributed by atoms with van der Waals surface area (Å²) in [6.07, 6.45) is 2.18. The Bertz CT molecular complexity index is 443. The summed E-state index contributed by atoms with van der Waals surface area (Å²) in [6, 6.07) is 6.32. The first-order chi connectivity index (χ1) is 8.61. The van der Waals surface area contributed by atoms with Gasteiger partial charge in [0.05, 0.1) is 6.54 Å². The topological polar surface area (TPSA) is 49.6 Å². The van der Waals surface area contributed by atoms with Crippen LogP contribution in [0.15, 0.2) is 18.2 Å². The summed E-state index contributed by atoms with van der Waals surface area (Å²) in [7, 11) is 3.59. The number of likely N-dealkylation sites (N-methyl/N-ethyl adjacent to an activating group) is 1. The number of hydrogen-bond acceptors (Lipinski definition) is 3. The Kier molecular flexibility index (Phi) is 3.87. The zero-order valence-electron chi connectivity index (χ0n) is 11.1. The van der Waals surface area contributed by atoms with Crippen molar-refractivity contribution in [2.45, 2.75) is 19.4 Å². The fourth-order valence-corrected chi connectivity index (χ4v) is 2.32. The maximum absolute atomic E-state index is 11.8. The van der Waals surface area contributed by atoms with Crippen LogP contribution in [0.3, 0.4) is 0 Å². The van der Waals surface area contributed by atoms with E-state index in [1.165, 1.54) is 11.3 Å². The molecule has 0 bridgehead atoms. The number of anilines is 1. The molecule has 98 valence electrons. The standard InChI is InChI=1S/C14H21N3O/c1-16(2)14(18)10-17-7-3-4-12-8-11(9-15)5-6-13(12)17/h5-6,8H,3-4,7,9-10,15H2,1-2H3. The third kappa shape index (κ3) is 2.64. The lowest BCUT2D eigenvalue weighted by molar-refractivity contribution is -0.127. The quantitative estimate of drug-likeness (QED) is 0.866. The largest absolute Gasteiger partial charge is 0.362 e. The first-order valence-corrected chi connectivity index (χ1v) is 6.39. The van der Waals surface area contributed by atoms with Crippen LogP contribution in [0.5, 0.6) is 0 Å². The van der Waals surface area contributed by atoms with Gasteiger partial charge in [-0.2, -0.15) is 0 Å². The lowest BCUT2D eigenvalue weighted by Gasteiger charge is -2.31. The van der Waals surface area contributed by atoms with Crippen molar-refractivity contribution in [3.63, 3.8) is 0 Å². The van der Waals surface area contributed by atoms with E-state index in [1.807, 2.05) is 0 Å². The Labute approximate surface area is 108 Å². The summed E-state index contributed by atoms with van der Waals surface area (Å²) in [5.74, 6) is 0.144. The van der Waals surface area contributed by atoms with Crippen LogP contribution < -0.4 is 10.6 Å². The molecule has 1 amide bonds. The molecule has 2 N–H and O–H groups in total. The number of nitrogens with two attached hydrogens (primary N) is 1. The molecule has 0 spiro atoms. The summed E-state index contributed by atoms with van der Waals surface area (Å²) in [5.41, 5.74) is 9.33. The minimum absolute atomic E-state index is 0.144. The van der Waals surface area contributed by atoms with Crippen LogP contribution >= 0.6 is 0 Å². The third-order valence-corrected chi connectivity index (χ3v) is 3.42. The van der Waals surface area contributed by atoms with Gasteiger partial charge in [0.15, 0.2) is 0 Å². The summed E-state index contributed by atoms with van der Waals surface area (Å²) >= 11 is 0. The van der Waals surface area contributed by atoms with Crippen molar-refractivity contribution in [3.8, 4) is 0 Å². The van der Waals surface area contributed by atoms with Crippen LogP contribution in [-0.4, -0.2) is 38.0 Å². The van der Waals surface area contributed by atoms with Gasteiger partial charge in [-0.1, -0.05) is 12.1 Å². The molecule has 0 fully saturated rings.